The van der Waals surface area contributed by atoms with Gasteiger partial charge in [0.05, 0.1) is 18.0 Å². The Labute approximate surface area is 172 Å². The van der Waals surface area contributed by atoms with Gasteiger partial charge in [-0.25, -0.2) is 12.8 Å². The van der Waals surface area contributed by atoms with Crippen molar-refractivity contribution in [1.82, 2.24) is 5.32 Å². The second-order valence-electron chi connectivity index (χ2n) is 7.55. The van der Waals surface area contributed by atoms with E-state index in [0.29, 0.717) is 0 Å². The van der Waals surface area contributed by atoms with Gasteiger partial charge in [0.15, 0.2) is 0 Å². The molecule has 7 heteroatoms. The number of halogens is 1. The van der Waals surface area contributed by atoms with Crippen molar-refractivity contribution in [3.8, 4) is 0 Å². The number of anilines is 1. The number of carbonyl (C=O) groups is 1. The van der Waals surface area contributed by atoms with Gasteiger partial charge >= 0.3 is 0 Å². The Morgan fingerprint density at radius 3 is 2.52 bits per heavy atom. The second kappa shape index (κ2) is 8.53. The molecule has 2 aromatic rings. The number of benzene rings is 2. The first-order valence-electron chi connectivity index (χ1n) is 9.88. The van der Waals surface area contributed by atoms with Crippen molar-refractivity contribution >= 4 is 21.6 Å². The van der Waals surface area contributed by atoms with E-state index < -0.39 is 27.8 Å². The van der Waals surface area contributed by atoms with Crippen LogP contribution in [0.25, 0.3) is 0 Å². The SMILES string of the molecule is CC[C@H](C(=O)N[C@H](C)c1ccc2c(c1)CCC2)N(c1ccccc1F)S(C)(=O)=O. The molecule has 0 aromatic heterocycles. The van der Waals surface area contributed by atoms with Crippen molar-refractivity contribution in [3.63, 3.8) is 0 Å². The molecule has 2 aromatic carbocycles. The molecule has 0 saturated heterocycles. The number of rotatable bonds is 7. The van der Waals surface area contributed by atoms with Crippen LogP contribution in [0.3, 0.4) is 0 Å². The number of carbonyl (C=O) groups excluding carboxylic acids is 1. The second-order valence-corrected chi connectivity index (χ2v) is 9.41. The third-order valence-electron chi connectivity index (χ3n) is 5.40. The lowest BCUT2D eigenvalue weighted by Crippen LogP contribution is -2.50. The van der Waals surface area contributed by atoms with Gasteiger partial charge in [-0.3, -0.25) is 9.10 Å². The van der Waals surface area contributed by atoms with Crippen LogP contribution < -0.4 is 9.62 Å². The van der Waals surface area contributed by atoms with Gasteiger partial charge < -0.3 is 5.32 Å². The van der Waals surface area contributed by atoms with Crippen molar-refractivity contribution in [2.24, 2.45) is 0 Å². The van der Waals surface area contributed by atoms with Crippen LogP contribution in [0.2, 0.25) is 0 Å². The van der Waals surface area contributed by atoms with E-state index in [4.69, 9.17) is 0 Å². The van der Waals surface area contributed by atoms with E-state index in [-0.39, 0.29) is 18.2 Å². The number of hydrogen-bond acceptors (Lipinski definition) is 3. The average molecular weight is 419 g/mol. The van der Waals surface area contributed by atoms with E-state index in [2.05, 4.69) is 17.4 Å². The Balaban J connectivity index is 1.85. The zero-order chi connectivity index (χ0) is 21.2. The van der Waals surface area contributed by atoms with Crippen molar-refractivity contribution in [2.75, 3.05) is 10.6 Å². The summed E-state index contributed by atoms with van der Waals surface area (Å²) in [5.74, 6) is -1.13. The Bertz CT molecular complexity index is 1010. The van der Waals surface area contributed by atoms with Gasteiger partial charge in [-0.05, 0) is 61.4 Å². The third-order valence-corrected chi connectivity index (χ3v) is 6.57. The van der Waals surface area contributed by atoms with Crippen LogP contribution >= 0.6 is 0 Å². The highest BCUT2D eigenvalue weighted by Gasteiger charge is 2.33. The van der Waals surface area contributed by atoms with Crippen LogP contribution in [0, 0.1) is 5.82 Å². The summed E-state index contributed by atoms with van der Waals surface area (Å²) in [6, 6.07) is 10.5. The smallest absolute Gasteiger partial charge is 0.244 e. The Hall–Kier alpha value is -2.41. The zero-order valence-electron chi connectivity index (χ0n) is 17.0. The van der Waals surface area contributed by atoms with Crippen LogP contribution in [-0.4, -0.2) is 26.6 Å². The number of para-hydroxylation sites is 1. The lowest BCUT2D eigenvalue weighted by atomic mass is 10.0. The molecule has 3 rings (SSSR count). The highest BCUT2D eigenvalue weighted by atomic mass is 32.2. The monoisotopic (exact) mass is 418 g/mol. The molecule has 1 amide bonds. The summed E-state index contributed by atoms with van der Waals surface area (Å²) in [6.45, 7) is 3.58. The van der Waals surface area contributed by atoms with Gasteiger partial charge in [-0.2, -0.15) is 0 Å². The van der Waals surface area contributed by atoms with E-state index in [9.17, 15) is 17.6 Å². The van der Waals surface area contributed by atoms with E-state index in [1.54, 1.807) is 13.0 Å². The van der Waals surface area contributed by atoms with Crippen molar-refractivity contribution in [1.29, 1.82) is 0 Å². The van der Waals surface area contributed by atoms with Crippen LogP contribution in [0.15, 0.2) is 42.5 Å². The molecular weight excluding hydrogens is 391 g/mol. The normalized spacial score (nSPS) is 15.4. The maximum atomic E-state index is 14.3. The molecule has 0 bridgehead atoms. The number of nitrogens with one attached hydrogen (secondary N) is 1. The fraction of sp³-hybridized carbons (Fsp3) is 0.409. The summed E-state index contributed by atoms with van der Waals surface area (Å²) in [7, 11) is -3.87. The fourth-order valence-electron chi connectivity index (χ4n) is 3.92. The zero-order valence-corrected chi connectivity index (χ0v) is 17.8. The predicted molar refractivity (Wildman–Crippen MR) is 113 cm³/mol. The summed E-state index contributed by atoms with van der Waals surface area (Å²) in [6.07, 6.45) is 4.46. The van der Waals surface area contributed by atoms with E-state index in [1.165, 1.54) is 29.3 Å². The van der Waals surface area contributed by atoms with E-state index in [1.807, 2.05) is 13.0 Å². The van der Waals surface area contributed by atoms with Gasteiger partial charge in [0.2, 0.25) is 15.9 Å². The molecule has 0 spiro atoms. The minimum atomic E-state index is -3.87. The summed E-state index contributed by atoms with van der Waals surface area (Å²) < 4.78 is 40.1. The number of hydrogen-bond donors (Lipinski definition) is 1. The van der Waals surface area contributed by atoms with Gasteiger partial charge in [-0.1, -0.05) is 37.3 Å². The van der Waals surface area contributed by atoms with Crippen LogP contribution in [0.1, 0.15) is 49.4 Å². The summed E-state index contributed by atoms with van der Waals surface area (Å²) in [5, 5.41) is 2.91. The van der Waals surface area contributed by atoms with Crippen molar-refractivity contribution < 1.29 is 17.6 Å². The molecule has 0 heterocycles. The molecule has 29 heavy (non-hydrogen) atoms. The molecule has 1 aliphatic rings. The van der Waals surface area contributed by atoms with Crippen LogP contribution in [0.4, 0.5) is 10.1 Å². The van der Waals surface area contributed by atoms with Gasteiger partial charge in [-0.15, -0.1) is 0 Å². The first-order chi connectivity index (χ1) is 13.7. The van der Waals surface area contributed by atoms with Gasteiger partial charge in [0.25, 0.3) is 0 Å². The molecule has 0 unspecified atom stereocenters. The summed E-state index contributed by atoms with van der Waals surface area (Å²) in [4.78, 5) is 13.0. The van der Waals surface area contributed by atoms with Crippen molar-refractivity contribution in [2.45, 2.75) is 51.6 Å². The minimum absolute atomic E-state index is 0.123. The lowest BCUT2D eigenvalue weighted by molar-refractivity contribution is -0.122. The number of sulfonamides is 1. The largest absolute Gasteiger partial charge is 0.348 e. The first-order valence-corrected chi connectivity index (χ1v) is 11.7. The summed E-state index contributed by atoms with van der Waals surface area (Å²) in [5.41, 5.74) is 3.51. The standard InChI is InChI=1S/C22H27FN2O3S/c1-4-20(25(29(3,27)28)21-11-6-5-10-19(21)23)22(26)24-15(2)17-13-12-16-8-7-9-18(16)14-17/h5-6,10-15,20H,4,7-9H2,1-3H3,(H,24,26)/t15-,20-/m1/s1. The maximum Gasteiger partial charge on any atom is 0.244 e. The molecule has 1 aliphatic carbocycles. The average Bonchev–Trinajstić information content (AvgIpc) is 3.13. The molecule has 5 nitrogen and oxygen atoms in total. The van der Waals surface area contributed by atoms with Crippen LogP contribution in [0.5, 0.6) is 0 Å². The van der Waals surface area contributed by atoms with Crippen molar-refractivity contribution in [3.05, 3.63) is 65.0 Å². The summed E-state index contributed by atoms with van der Waals surface area (Å²) >= 11 is 0. The third kappa shape index (κ3) is 4.61. The molecule has 156 valence electrons. The molecule has 0 aliphatic heterocycles. The highest BCUT2D eigenvalue weighted by Crippen LogP contribution is 2.27. The number of nitrogens with zero attached hydrogens (tertiary/aromatic N) is 1. The Morgan fingerprint density at radius 2 is 1.86 bits per heavy atom. The number of amides is 1. The quantitative estimate of drug-likeness (QED) is 0.745. The van der Waals surface area contributed by atoms with Crippen LogP contribution in [-0.2, 0) is 27.7 Å². The van der Waals surface area contributed by atoms with Gasteiger partial charge in [0.1, 0.15) is 11.9 Å². The topological polar surface area (TPSA) is 66.5 Å². The maximum absolute atomic E-state index is 14.3. The lowest BCUT2D eigenvalue weighted by Gasteiger charge is -2.31. The molecule has 2 atom stereocenters. The number of aryl methyl sites for hydroxylation is 2. The molecular formula is C22H27FN2O3S. The molecule has 0 fully saturated rings. The number of fused-ring (bicyclic) bond motifs is 1. The highest BCUT2D eigenvalue weighted by molar-refractivity contribution is 7.92. The Morgan fingerprint density at radius 1 is 1.17 bits per heavy atom. The van der Waals surface area contributed by atoms with Gasteiger partial charge in [0, 0.05) is 0 Å². The molecule has 0 saturated carbocycles. The first kappa shape index (κ1) is 21.3. The fourth-order valence-corrected chi connectivity index (χ4v) is 5.13. The molecule has 1 N–H and O–H groups in total. The van der Waals surface area contributed by atoms with E-state index in [0.717, 1.165) is 35.4 Å². The predicted octanol–water partition coefficient (Wildman–Crippen LogP) is 3.74. The van der Waals surface area contributed by atoms with E-state index >= 15 is 0 Å². The minimum Gasteiger partial charge on any atom is -0.348 e. The Kier molecular flexibility index (Phi) is 6.27. The molecule has 0 radical (unpaired) electrons.